The highest BCUT2D eigenvalue weighted by molar-refractivity contribution is 5.99. The normalized spacial score (nSPS) is 15.7. The van der Waals surface area contributed by atoms with Crippen LogP contribution in [0.3, 0.4) is 0 Å². The van der Waals surface area contributed by atoms with Crippen molar-refractivity contribution < 1.29 is 14.7 Å². The molecule has 2 rings (SSSR count). The zero-order chi connectivity index (χ0) is 13.7. The van der Waals surface area contributed by atoms with Crippen molar-refractivity contribution in [1.82, 2.24) is 5.32 Å². The molecule has 1 fully saturated rings. The Labute approximate surface area is 111 Å². The first-order valence-electron chi connectivity index (χ1n) is 6.20. The van der Waals surface area contributed by atoms with Crippen LogP contribution in [0.5, 0.6) is 5.75 Å². The van der Waals surface area contributed by atoms with Gasteiger partial charge in [-0.2, -0.15) is 0 Å². The van der Waals surface area contributed by atoms with E-state index in [1.165, 1.54) is 0 Å². The van der Waals surface area contributed by atoms with Gasteiger partial charge in [0.25, 0.3) is 5.91 Å². The summed E-state index contributed by atoms with van der Waals surface area (Å²) in [5.41, 5.74) is 5.99. The predicted molar refractivity (Wildman–Crippen MR) is 70.2 cm³/mol. The molecule has 19 heavy (non-hydrogen) atoms. The van der Waals surface area contributed by atoms with E-state index < -0.39 is 0 Å². The van der Waals surface area contributed by atoms with E-state index in [0.717, 1.165) is 19.3 Å². The van der Waals surface area contributed by atoms with E-state index in [4.69, 9.17) is 15.7 Å². The fourth-order valence-corrected chi connectivity index (χ4v) is 1.82. The number of nitrogens with one attached hydrogen (secondary N) is 1. The van der Waals surface area contributed by atoms with Gasteiger partial charge in [0.05, 0.1) is 5.56 Å². The Balaban J connectivity index is 1.93. The summed E-state index contributed by atoms with van der Waals surface area (Å²) in [6.45, 7) is -0.0772. The number of rotatable bonds is 5. The Morgan fingerprint density at radius 1 is 1.47 bits per heavy atom. The topological polar surface area (TPSA) is 96.9 Å². The van der Waals surface area contributed by atoms with E-state index in [-0.39, 0.29) is 24.4 Å². The van der Waals surface area contributed by atoms with Crippen molar-refractivity contribution in [3.05, 3.63) is 29.8 Å². The molecule has 0 atom stereocenters. The third-order valence-electron chi connectivity index (χ3n) is 3.10. The summed E-state index contributed by atoms with van der Waals surface area (Å²) in [6.07, 6.45) is 3.23. The summed E-state index contributed by atoms with van der Waals surface area (Å²) in [4.78, 5) is 11.6. The van der Waals surface area contributed by atoms with Crippen LogP contribution in [-0.4, -0.2) is 29.6 Å². The van der Waals surface area contributed by atoms with Crippen LogP contribution in [0.25, 0.3) is 0 Å². The molecule has 0 spiro atoms. The molecule has 0 heterocycles. The molecule has 0 bridgehead atoms. The molecule has 0 radical (unpaired) electrons. The SMILES string of the molecule is NC(=NO)c1ccccc1OCC(=O)NC1CCC1. The Morgan fingerprint density at radius 3 is 2.84 bits per heavy atom. The van der Waals surface area contributed by atoms with Crippen molar-refractivity contribution in [3.63, 3.8) is 0 Å². The van der Waals surface area contributed by atoms with Gasteiger partial charge in [0.1, 0.15) is 5.75 Å². The predicted octanol–water partition coefficient (Wildman–Crippen LogP) is 0.829. The summed E-state index contributed by atoms with van der Waals surface area (Å²) < 4.78 is 5.41. The molecular formula is C13H17N3O3. The minimum absolute atomic E-state index is 0.0463. The van der Waals surface area contributed by atoms with Gasteiger partial charge in [-0.1, -0.05) is 17.3 Å². The Kier molecular flexibility index (Phi) is 4.22. The molecule has 1 aliphatic carbocycles. The first-order chi connectivity index (χ1) is 9.20. The minimum Gasteiger partial charge on any atom is -0.483 e. The molecule has 0 unspecified atom stereocenters. The highest BCUT2D eigenvalue weighted by Gasteiger charge is 2.19. The van der Waals surface area contributed by atoms with Crippen molar-refractivity contribution >= 4 is 11.7 Å². The Bertz CT molecular complexity index is 484. The summed E-state index contributed by atoms with van der Waals surface area (Å²) >= 11 is 0. The van der Waals surface area contributed by atoms with Crippen molar-refractivity contribution in [1.29, 1.82) is 0 Å². The molecule has 0 aliphatic heterocycles. The molecule has 1 aliphatic rings. The van der Waals surface area contributed by atoms with Gasteiger partial charge in [-0.15, -0.1) is 0 Å². The summed E-state index contributed by atoms with van der Waals surface area (Å²) in [7, 11) is 0. The molecule has 1 amide bonds. The molecule has 102 valence electrons. The minimum atomic E-state index is -0.154. The highest BCUT2D eigenvalue weighted by atomic mass is 16.5. The van der Waals surface area contributed by atoms with Gasteiger partial charge in [0.2, 0.25) is 0 Å². The van der Waals surface area contributed by atoms with Crippen molar-refractivity contribution in [2.45, 2.75) is 25.3 Å². The van der Waals surface area contributed by atoms with E-state index >= 15 is 0 Å². The van der Waals surface area contributed by atoms with Crippen LogP contribution in [0.4, 0.5) is 0 Å². The van der Waals surface area contributed by atoms with Gasteiger partial charge < -0.3 is 21.0 Å². The average Bonchev–Trinajstić information content (AvgIpc) is 2.40. The number of hydrogen-bond donors (Lipinski definition) is 3. The maximum absolute atomic E-state index is 11.6. The first-order valence-corrected chi connectivity index (χ1v) is 6.20. The molecule has 0 saturated heterocycles. The summed E-state index contributed by atoms with van der Waals surface area (Å²) in [5.74, 6) is 0.218. The summed E-state index contributed by atoms with van der Waals surface area (Å²) in [6, 6.07) is 7.12. The van der Waals surface area contributed by atoms with Crippen LogP contribution < -0.4 is 15.8 Å². The highest BCUT2D eigenvalue weighted by Crippen LogP contribution is 2.19. The lowest BCUT2D eigenvalue weighted by molar-refractivity contribution is -0.124. The Hall–Kier alpha value is -2.24. The van der Waals surface area contributed by atoms with Gasteiger partial charge in [0.15, 0.2) is 12.4 Å². The van der Waals surface area contributed by atoms with E-state index in [1.54, 1.807) is 24.3 Å². The molecule has 6 heteroatoms. The smallest absolute Gasteiger partial charge is 0.258 e. The molecule has 1 saturated carbocycles. The molecular weight excluding hydrogens is 246 g/mol. The van der Waals surface area contributed by atoms with Gasteiger partial charge in [-0.25, -0.2) is 0 Å². The lowest BCUT2D eigenvalue weighted by Crippen LogP contribution is -2.41. The number of amides is 1. The number of hydrogen-bond acceptors (Lipinski definition) is 4. The second-order valence-electron chi connectivity index (χ2n) is 4.47. The van der Waals surface area contributed by atoms with Crippen LogP contribution in [0.2, 0.25) is 0 Å². The van der Waals surface area contributed by atoms with Crippen molar-refractivity contribution in [3.8, 4) is 5.75 Å². The number of amidine groups is 1. The van der Waals surface area contributed by atoms with Gasteiger partial charge in [0, 0.05) is 6.04 Å². The molecule has 0 aromatic heterocycles. The maximum Gasteiger partial charge on any atom is 0.258 e. The third-order valence-corrected chi connectivity index (χ3v) is 3.10. The Morgan fingerprint density at radius 2 is 2.21 bits per heavy atom. The van der Waals surface area contributed by atoms with E-state index in [2.05, 4.69) is 10.5 Å². The van der Waals surface area contributed by atoms with E-state index in [1.807, 2.05) is 0 Å². The average molecular weight is 263 g/mol. The number of nitrogens with two attached hydrogens (primary N) is 1. The molecule has 4 N–H and O–H groups in total. The number of carbonyl (C=O) groups excluding carboxylic acids is 1. The number of benzene rings is 1. The zero-order valence-electron chi connectivity index (χ0n) is 10.5. The fourth-order valence-electron chi connectivity index (χ4n) is 1.82. The van der Waals surface area contributed by atoms with E-state index in [0.29, 0.717) is 11.3 Å². The standard InChI is InChI=1S/C13H17N3O3/c14-13(16-18)10-6-1-2-7-11(10)19-8-12(17)15-9-4-3-5-9/h1-2,6-7,9,18H,3-5,8H2,(H2,14,16)(H,15,17). The second kappa shape index (κ2) is 6.08. The van der Waals surface area contributed by atoms with Gasteiger partial charge in [-0.05, 0) is 31.4 Å². The number of nitrogens with zero attached hydrogens (tertiary/aromatic N) is 1. The van der Waals surface area contributed by atoms with Crippen LogP contribution in [0, 0.1) is 0 Å². The molecule has 1 aromatic carbocycles. The third kappa shape index (κ3) is 3.37. The van der Waals surface area contributed by atoms with Crippen LogP contribution in [-0.2, 0) is 4.79 Å². The van der Waals surface area contributed by atoms with Crippen molar-refractivity contribution in [2.24, 2.45) is 10.9 Å². The fraction of sp³-hybridized carbons (Fsp3) is 0.385. The number of para-hydroxylation sites is 1. The monoisotopic (exact) mass is 263 g/mol. The van der Waals surface area contributed by atoms with E-state index in [9.17, 15) is 4.79 Å². The molecule has 6 nitrogen and oxygen atoms in total. The second-order valence-corrected chi connectivity index (χ2v) is 4.47. The lowest BCUT2D eigenvalue weighted by atomic mass is 9.93. The van der Waals surface area contributed by atoms with Gasteiger partial charge in [-0.3, -0.25) is 4.79 Å². The lowest BCUT2D eigenvalue weighted by Gasteiger charge is -2.26. The van der Waals surface area contributed by atoms with Crippen LogP contribution in [0.15, 0.2) is 29.4 Å². The molecule has 1 aromatic rings. The maximum atomic E-state index is 11.6. The van der Waals surface area contributed by atoms with Crippen LogP contribution in [0.1, 0.15) is 24.8 Å². The number of carbonyl (C=O) groups is 1. The zero-order valence-corrected chi connectivity index (χ0v) is 10.5. The van der Waals surface area contributed by atoms with Crippen molar-refractivity contribution in [2.75, 3.05) is 6.61 Å². The number of ether oxygens (including phenoxy) is 1. The summed E-state index contributed by atoms with van der Waals surface area (Å²) in [5, 5.41) is 14.5. The van der Waals surface area contributed by atoms with Crippen LogP contribution >= 0.6 is 0 Å². The quantitative estimate of drug-likeness (QED) is 0.317. The largest absolute Gasteiger partial charge is 0.483 e. The van der Waals surface area contributed by atoms with Gasteiger partial charge >= 0.3 is 0 Å². The first kappa shape index (κ1) is 13.2. The number of oxime groups is 1.